The number of carbonyl (C=O) groups is 1. The quantitative estimate of drug-likeness (QED) is 0.696. The Bertz CT molecular complexity index is 1130. The van der Waals surface area contributed by atoms with Crippen LogP contribution in [0.1, 0.15) is 47.7 Å². The molecule has 1 aromatic carbocycles. The van der Waals surface area contributed by atoms with E-state index in [4.69, 9.17) is 0 Å². The molecule has 2 aliphatic heterocycles. The molecule has 4 rings (SSSR count). The number of amides is 1. The van der Waals surface area contributed by atoms with Gasteiger partial charge in [0.1, 0.15) is 0 Å². The third-order valence-corrected chi connectivity index (χ3v) is 7.98. The largest absolute Gasteiger partial charge is 0.352 e. The Balaban J connectivity index is 1.71. The fourth-order valence-corrected chi connectivity index (χ4v) is 5.92. The highest BCUT2D eigenvalue weighted by Crippen LogP contribution is 2.30. The molecule has 178 valence electrons. The lowest BCUT2D eigenvalue weighted by molar-refractivity contribution is 0.0635. The molecular formula is C24H33N5O3S. The zero-order valence-corrected chi connectivity index (χ0v) is 20.4. The van der Waals surface area contributed by atoms with Gasteiger partial charge in [0, 0.05) is 45.0 Å². The molecule has 2 N–H and O–H groups in total. The highest BCUT2D eigenvalue weighted by atomic mass is 32.2. The number of piperidine rings is 1. The minimum absolute atomic E-state index is 0.103. The number of piperazine rings is 1. The van der Waals surface area contributed by atoms with Crippen molar-refractivity contribution in [2.75, 3.05) is 42.3 Å². The Labute approximate surface area is 196 Å². The van der Waals surface area contributed by atoms with E-state index in [2.05, 4.69) is 21.9 Å². The molecule has 8 nitrogen and oxygen atoms in total. The van der Waals surface area contributed by atoms with E-state index in [9.17, 15) is 13.2 Å². The number of likely N-dealkylation sites (tertiary alicyclic amines) is 1. The van der Waals surface area contributed by atoms with E-state index < -0.39 is 10.0 Å². The number of nitrogens with one attached hydrogen (secondary N) is 2. The smallest absolute Gasteiger partial charge is 0.262 e. The molecular weight excluding hydrogens is 438 g/mol. The first-order chi connectivity index (χ1) is 15.8. The normalized spacial score (nSPS) is 19.4. The van der Waals surface area contributed by atoms with Crippen LogP contribution in [0, 0.1) is 13.8 Å². The number of hydrogen-bond acceptors (Lipinski definition) is 6. The second-order valence-electron chi connectivity index (χ2n) is 9.05. The molecule has 1 atom stereocenters. The van der Waals surface area contributed by atoms with Crippen LogP contribution in [0.3, 0.4) is 0 Å². The maximum absolute atomic E-state index is 13.3. The molecule has 1 amide bonds. The Morgan fingerprint density at radius 2 is 1.88 bits per heavy atom. The SMILES string of the molecule is Cc1ccc(S(=O)(=O)Nc2cc(C(=O)N3CCCCC3C)cnc2N2CCNCC2)c(C)c1. The van der Waals surface area contributed by atoms with Gasteiger partial charge in [0.25, 0.3) is 15.9 Å². The first kappa shape index (κ1) is 23.5. The average molecular weight is 472 g/mol. The highest BCUT2D eigenvalue weighted by Gasteiger charge is 2.27. The summed E-state index contributed by atoms with van der Waals surface area (Å²) in [6.45, 7) is 9.48. The fourth-order valence-electron chi connectivity index (χ4n) is 4.64. The number of benzene rings is 1. The Morgan fingerprint density at radius 1 is 1.12 bits per heavy atom. The second-order valence-corrected chi connectivity index (χ2v) is 10.7. The van der Waals surface area contributed by atoms with Gasteiger partial charge in [-0.25, -0.2) is 13.4 Å². The van der Waals surface area contributed by atoms with Gasteiger partial charge in [0.2, 0.25) is 0 Å². The molecule has 0 aliphatic carbocycles. The highest BCUT2D eigenvalue weighted by molar-refractivity contribution is 7.92. The van der Waals surface area contributed by atoms with Gasteiger partial charge in [-0.05, 0) is 57.7 Å². The van der Waals surface area contributed by atoms with Crippen LogP contribution in [-0.4, -0.2) is 63.0 Å². The van der Waals surface area contributed by atoms with E-state index in [1.807, 2.05) is 22.8 Å². The van der Waals surface area contributed by atoms with E-state index in [0.717, 1.165) is 37.9 Å². The molecule has 0 saturated carbocycles. The average Bonchev–Trinajstić information content (AvgIpc) is 2.79. The van der Waals surface area contributed by atoms with E-state index >= 15 is 0 Å². The topological polar surface area (TPSA) is 94.6 Å². The number of hydrogen-bond donors (Lipinski definition) is 2. The van der Waals surface area contributed by atoms with Crippen LogP contribution in [0.4, 0.5) is 11.5 Å². The molecule has 2 aromatic rings. The third-order valence-electron chi connectivity index (χ3n) is 6.46. The monoisotopic (exact) mass is 471 g/mol. The van der Waals surface area contributed by atoms with Crippen LogP contribution >= 0.6 is 0 Å². The summed E-state index contributed by atoms with van der Waals surface area (Å²) in [4.78, 5) is 22.0. The van der Waals surface area contributed by atoms with Gasteiger partial charge in [0.15, 0.2) is 5.82 Å². The van der Waals surface area contributed by atoms with Crippen molar-refractivity contribution in [1.82, 2.24) is 15.2 Å². The molecule has 3 heterocycles. The van der Waals surface area contributed by atoms with E-state index in [0.29, 0.717) is 42.3 Å². The van der Waals surface area contributed by atoms with E-state index in [1.165, 1.54) is 0 Å². The molecule has 2 aliphatic rings. The number of rotatable bonds is 5. The van der Waals surface area contributed by atoms with Crippen LogP contribution in [-0.2, 0) is 10.0 Å². The minimum atomic E-state index is -3.86. The summed E-state index contributed by atoms with van der Waals surface area (Å²) in [6, 6.07) is 7.07. The lowest BCUT2D eigenvalue weighted by Crippen LogP contribution is -2.44. The molecule has 0 radical (unpaired) electrons. The third kappa shape index (κ3) is 5.14. The van der Waals surface area contributed by atoms with Crippen molar-refractivity contribution in [2.24, 2.45) is 0 Å². The van der Waals surface area contributed by atoms with Crippen LogP contribution < -0.4 is 14.9 Å². The van der Waals surface area contributed by atoms with Crippen LogP contribution in [0.2, 0.25) is 0 Å². The van der Waals surface area contributed by atoms with Crippen molar-refractivity contribution in [1.29, 1.82) is 0 Å². The summed E-state index contributed by atoms with van der Waals surface area (Å²) < 4.78 is 29.4. The van der Waals surface area contributed by atoms with Crippen molar-refractivity contribution in [2.45, 2.75) is 51.0 Å². The van der Waals surface area contributed by atoms with Gasteiger partial charge in [-0.2, -0.15) is 0 Å². The molecule has 2 fully saturated rings. The molecule has 2 saturated heterocycles. The van der Waals surface area contributed by atoms with Crippen molar-refractivity contribution < 1.29 is 13.2 Å². The molecule has 9 heteroatoms. The first-order valence-corrected chi connectivity index (χ1v) is 13.1. The van der Waals surface area contributed by atoms with Gasteiger partial charge in [-0.1, -0.05) is 17.7 Å². The Kier molecular flexibility index (Phi) is 6.90. The van der Waals surface area contributed by atoms with E-state index in [-0.39, 0.29) is 16.8 Å². The first-order valence-electron chi connectivity index (χ1n) is 11.6. The van der Waals surface area contributed by atoms with Gasteiger partial charge in [-0.3, -0.25) is 9.52 Å². The zero-order valence-electron chi connectivity index (χ0n) is 19.6. The number of anilines is 2. The molecule has 1 unspecified atom stereocenters. The number of aromatic nitrogens is 1. The van der Waals surface area contributed by atoms with Gasteiger partial charge >= 0.3 is 0 Å². The Hall–Kier alpha value is -2.65. The van der Waals surface area contributed by atoms with Crippen LogP contribution in [0.5, 0.6) is 0 Å². The predicted octanol–water partition coefficient (Wildman–Crippen LogP) is 2.92. The van der Waals surface area contributed by atoms with Crippen molar-refractivity contribution in [3.8, 4) is 0 Å². The van der Waals surface area contributed by atoms with Gasteiger partial charge in [0.05, 0.1) is 16.1 Å². The van der Waals surface area contributed by atoms with Crippen LogP contribution in [0.15, 0.2) is 35.4 Å². The number of carbonyl (C=O) groups excluding carboxylic acids is 1. The van der Waals surface area contributed by atoms with E-state index in [1.54, 1.807) is 31.3 Å². The summed E-state index contributed by atoms with van der Waals surface area (Å²) in [5, 5.41) is 3.30. The lowest BCUT2D eigenvalue weighted by atomic mass is 10.0. The molecule has 0 spiro atoms. The zero-order chi connectivity index (χ0) is 23.6. The summed E-state index contributed by atoms with van der Waals surface area (Å²) in [5.74, 6) is 0.446. The fraction of sp³-hybridized carbons (Fsp3) is 0.500. The predicted molar refractivity (Wildman–Crippen MR) is 130 cm³/mol. The van der Waals surface area contributed by atoms with Gasteiger partial charge < -0.3 is 15.1 Å². The molecule has 1 aromatic heterocycles. The molecule has 0 bridgehead atoms. The summed E-state index contributed by atoms with van der Waals surface area (Å²) >= 11 is 0. The summed E-state index contributed by atoms with van der Waals surface area (Å²) in [7, 11) is -3.86. The summed E-state index contributed by atoms with van der Waals surface area (Å²) in [5.41, 5.74) is 2.42. The van der Waals surface area contributed by atoms with Crippen molar-refractivity contribution >= 4 is 27.4 Å². The minimum Gasteiger partial charge on any atom is -0.352 e. The van der Waals surface area contributed by atoms with Crippen molar-refractivity contribution in [3.63, 3.8) is 0 Å². The van der Waals surface area contributed by atoms with Crippen molar-refractivity contribution in [3.05, 3.63) is 47.2 Å². The maximum atomic E-state index is 13.3. The summed E-state index contributed by atoms with van der Waals surface area (Å²) in [6.07, 6.45) is 4.65. The number of aryl methyl sites for hydroxylation is 2. The number of pyridine rings is 1. The lowest BCUT2D eigenvalue weighted by Gasteiger charge is -2.34. The van der Waals surface area contributed by atoms with Crippen LogP contribution in [0.25, 0.3) is 0 Å². The Morgan fingerprint density at radius 3 is 2.58 bits per heavy atom. The number of sulfonamides is 1. The van der Waals surface area contributed by atoms with Gasteiger partial charge in [-0.15, -0.1) is 0 Å². The number of nitrogens with zero attached hydrogens (tertiary/aromatic N) is 3. The standard InChI is InChI=1S/C24H33N5O3S/c1-17-7-8-22(18(2)14-17)33(31,32)27-21-15-20(24(30)29-11-5-4-6-19(29)3)16-26-23(21)28-12-9-25-10-13-28/h7-8,14-16,19,25,27H,4-6,9-13H2,1-3H3. The maximum Gasteiger partial charge on any atom is 0.262 e. The molecule has 33 heavy (non-hydrogen) atoms. The second kappa shape index (κ2) is 9.69.